The Morgan fingerprint density at radius 3 is 2.32 bits per heavy atom. The highest BCUT2D eigenvalue weighted by Gasteiger charge is 2.50. The maximum Gasteiger partial charge on any atom is 0.310 e. The van der Waals surface area contributed by atoms with Crippen LogP contribution in [0.25, 0.3) is 0 Å². The summed E-state index contributed by atoms with van der Waals surface area (Å²) >= 11 is 0. The molecule has 0 amide bonds. The zero-order valence-electron chi connectivity index (χ0n) is 11.9. The molecule has 1 saturated carbocycles. The van der Waals surface area contributed by atoms with Gasteiger partial charge >= 0.3 is 5.97 Å². The molecule has 0 atom stereocenters. The van der Waals surface area contributed by atoms with Gasteiger partial charge in [-0.2, -0.15) is 0 Å². The third-order valence-corrected chi connectivity index (χ3v) is 4.09. The van der Waals surface area contributed by atoms with E-state index in [0.717, 1.165) is 32.2 Å². The Kier molecular flexibility index (Phi) is 4.25. The second-order valence-corrected chi connectivity index (χ2v) is 5.74. The van der Waals surface area contributed by atoms with Gasteiger partial charge in [-0.3, -0.25) is 4.79 Å². The van der Waals surface area contributed by atoms with Crippen molar-refractivity contribution >= 4 is 5.97 Å². The van der Waals surface area contributed by atoms with E-state index in [4.69, 9.17) is 5.11 Å². The molecular weight excluding hydrogens is 238 g/mol. The summed E-state index contributed by atoms with van der Waals surface area (Å²) in [6.45, 7) is 3.75. The number of carboxylic acid groups (broad SMARTS) is 1. The molecule has 1 aliphatic carbocycles. The molecule has 0 heterocycles. The molecule has 0 aliphatic heterocycles. The van der Waals surface area contributed by atoms with Gasteiger partial charge in [0.1, 0.15) is 0 Å². The number of hydrogen-bond donors (Lipinski definition) is 1. The molecule has 1 aromatic rings. The number of benzene rings is 1. The first-order chi connectivity index (χ1) is 9.05. The number of rotatable bonds is 7. The van der Waals surface area contributed by atoms with Gasteiger partial charge in [0.15, 0.2) is 0 Å². The van der Waals surface area contributed by atoms with Crippen molar-refractivity contribution in [1.82, 2.24) is 4.90 Å². The lowest BCUT2D eigenvalue weighted by molar-refractivity contribution is -0.144. The maximum atomic E-state index is 11.1. The molecule has 0 saturated heterocycles. The van der Waals surface area contributed by atoms with Crippen LogP contribution in [0, 0.1) is 5.41 Å². The predicted molar refractivity (Wildman–Crippen MR) is 76.3 cm³/mol. The van der Waals surface area contributed by atoms with E-state index >= 15 is 0 Å². The molecule has 3 heteroatoms. The Balaban J connectivity index is 1.80. The fourth-order valence-corrected chi connectivity index (χ4v) is 2.45. The van der Waals surface area contributed by atoms with Crippen molar-refractivity contribution in [3.8, 4) is 0 Å². The Morgan fingerprint density at radius 1 is 1.26 bits per heavy atom. The zero-order chi connectivity index (χ0) is 13.9. The Bertz CT molecular complexity index is 435. The minimum Gasteiger partial charge on any atom is -0.481 e. The van der Waals surface area contributed by atoms with Gasteiger partial charge in [0.25, 0.3) is 0 Å². The van der Waals surface area contributed by atoms with Crippen molar-refractivity contribution < 1.29 is 9.90 Å². The lowest BCUT2D eigenvalue weighted by Crippen LogP contribution is -2.33. The molecule has 0 radical (unpaired) electrons. The first-order valence-corrected chi connectivity index (χ1v) is 7.05. The van der Waals surface area contributed by atoms with E-state index in [2.05, 4.69) is 36.1 Å². The Morgan fingerprint density at radius 2 is 1.84 bits per heavy atom. The number of nitrogens with zero attached hydrogens (tertiary/aromatic N) is 1. The lowest BCUT2D eigenvalue weighted by Gasteiger charge is -2.20. The Hall–Kier alpha value is -1.35. The van der Waals surface area contributed by atoms with Crippen LogP contribution in [-0.2, 0) is 17.6 Å². The van der Waals surface area contributed by atoms with Crippen LogP contribution in [0.5, 0.6) is 0 Å². The fourth-order valence-electron chi connectivity index (χ4n) is 2.45. The number of hydrogen-bond acceptors (Lipinski definition) is 2. The Labute approximate surface area is 115 Å². The highest BCUT2D eigenvalue weighted by molar-refractivity contribution is 5.78. The smallest absolute Gasteiger partial charge is 0.310 e. The summed E-state index contributed by atoms with van der Waals surface area (Å²) < 4.78 is 0. The molecule has 1 aromatic carbocycles. The molecule has 0 bridgehead atoms. The van der Waals surface area contributed by atoms with Crippen molar-refractivity contribution in [1.29, 1.82) is 0 Å². The van der Waals surface area contributed by atoms with E-state index in [1.165, 1.54) is 11.1 Å². The molecule has 1 fully saturated rings. The van der Waals surface area contributed by atoms with E-state index in [1.807, 2.05) is 7.05 Å². The minimum absolute atomic E-state index is 0.444. The van der Waals surface area contributed by atoms with Gasteiger partial charge in [0, 0.05) is 13.1 Å². The number of aliphatic carboxylic acids is 1. The summed E-state index contributed by atoms with van der Waals surface area (Å²) in [5, 5.41) is 9.17. The van der Waals surface area contributed by atoms with Crippen LogP contribution in [0.2, 0.25) is 0 Å². The lowest BCUT2D eigenvalue weighted by atomic mass is 10.1. The first kappa shape index (κ1) is 14.1. The fraction of sp³-hybridized carbons (Fsp3) is 0.562. The second-order valence-electron chi connectivity index (χ2n) is 5.74. The highest BCUT2D eigenvalue weighted by Crippen LogP contribution is 2.46. The topological polar surface area (TPSA) is 40.5 Å². The molecule has 1 N–H and O–H groups in total. The van der Waals surface area contributed by atoms with E-state index in [1.54, 1.807) is 0 Å². The largest absolute Gasteiger partial charge is 0.481 e. The normalized spacial score (nSPS) is 16.6. The van der Waals surface area contributed by atoms with Crippen molar-refractivity contribution in [2.45, 2.75) is 32.6 Å². The molecule has 1 aliphatic rings. The molecule has 0 aromatic heterocycles. The van der Waals surface area contributed by atoms with Crippen LogP contribution >= 0.6 is 0 Å². The van der Waals surface area contributed by atoms with Gasteiger partial charge in [0.2, 0.25) is 0 Å². The third-order valence-electron chi connectivity index (χ3n) is 4.09. The van der Waals surface area contributed by atoms with Crippen molar-refractivity contribution in [3.63, 3.8) is 0 Å². The van der Waals surface area contributed by atoms with Crippen molar-refractivity contribution in [2.75, 3.05) is 20.1 Å². The van der Waals surface area contributed by atoms with E-state index in [-0.39, 0.29) is 0 Å². The predicted octanol–water partition coefficient (Wildman–Crippen LogP) is 2.59. The summed E-state index contributed by atoms with van der Waals surface area (Å²) in [4.78, 5) is 13.3. The summed E-state index contributed by atoms with van der Waals surface area (Å²) in [5.41, 5.74) is 2.24. The molecule has 0 unspecified atom stereocenters. The number of carboxylic acids is 1. The van der Waals surface area contributed by atoms with Crippen LogP contribution in [0.1, 0.15) is 30.9 Å². The van der Waals surface area contributed by atoms with Crippen LogP contribution < -0.4 is 0 Å². The van der Waals surface area contributed by atoms with Gasteiger partial charge in [0.05, 0.1) is 5.41 Å². The van der Waals surface area contributed by atoms with Crippen molar-refractivity contribution in [3.05, 3.63) is 35.4 Å². The van der Waals surface area contributed by atoms with Gasteiger partial charge in [-0.05, 0) is 43.9 Å². The molecule has 19 heavy (non-hydrogen) atoms. The zero-order valence-corrected chi connectivity index (χ0v) is 11.9. The van der Waals surface area contributed by atoms with Gasteiger partial charge < -0.3 is 10.0 Å². The van der Waals surface area contributed by atoms with Gasteiger partial charge in [-0.15, -0.1) is 0 Å². The summed E-state index contributed by atoms with van der Waals surface area (Å²) in [5.74, 6) is -0.633. The van der Waals surface area contributed by atoms with Crippen molar-refractivity contribution in [2.24, 2.45) is 5.41 Å². The minimum atomic E-state index is -0.633. The number of carbonyl (C=O) groups is 1. The summed E-state index contributed by atoms with van der Waals surface area (Å²) in [6, 6.07) is 8.71. The maximum absolute atomic E-state index is 11.1. The standard InChI is InChI=1S/C16H23NO2/c1-3-13-4-6-14(7-5-13)8-11-17(2)12-16(9-10-16)15(18)19/h4-7H,3,8-12H2,1-2H3,(H,18,19). The van der Waals surface area contributed by atoms with E-state index < -0.39 is 11.4 Å². The molecule has 104 valence electrons. The third kappa shape index (κ3) is 3.57. The van der Waals surface area contributed by atoms with Gasteiger partial charge in [-0.1, -0.05) is 31.2 Å². The average molecular weight is 261 g/mol. The van der Waals surface area contributed by atoms with E-state index in [9.17, 15) is 4.79 Å². The van der Waals surface area contributed by atoms with Crippen LogP contribution in [0.15, 0.2) is 24.3 Å². The molecule has 0 spiro atoms. The van der Waals surface area contributed by atoms with E-state index in [0.29, 0.717) is 6.54 Å². The van der Waals surface area contributed by atoms with Gasteiger partial charge in [-0.25, -0.2) is 0 Å². The monoisotopic (exact) mass is 261 g/mol. The summed E-state index contributed by atoms with van der Waals surface area (Å²) in [7, 11) is 2.02. The average Bonchev–Trinajstić information content (AvgIpc) is 3.18. The number of aryl methyl sites for hydroxylation is 1. The molecule has 2 rings (SSSR count). The quantitative estimate of drug-likeness (QED) is 0.820. The van der Waals surface area contributed by atoms with Crippen LogP contribution in [0.3, 0.4) is 0 Å². The van der Waals surface area contributed by atoms with Crippen LogP contribution in [-0.4, -0.2) is 36.1 Å². The SMILES string of the molecule is CCc1ccc(CCN(C)CC2(C(=O)O)CC2)cc1. The molecule has 3 nitrogen and oxygen atoms in total. The second kappa shape index (κ2) is 5.74. The first-order valence-electron chi connectivity index (χ1n) is 7.05. The number of likely N-dealkylation sites (N-methyl/N-ethyl adjacent to an activating group) is 1. The van der Waals surface area contributed by atoms with Crippen LogP contribution in [0.4, 0.5) is 0 Å². The highest BCUT2D eigenvalue weighted by atomic mass is 16.4. The molecular formula is C16H23NO2. The summed E-state index contributed by atoms with van der Waals surface area (Å²) in [6.07, 6.45) is 3.72.